The summed E-state index contributed by atoms with van der Waals surface area (Å²) in [4.78, 5) is 24.7. The van der Waals surface area contributed by atoms with Crippen LogP contribution in [0, 0.1) is 28.6 Å². The van der Waals surface area contributed by atoms with Crippen LogP contribution in [-0.4, -0.2) is 92.9 Å². The van der Waals surface area contributed by atoms with Crippen LogP contribution in [0.4, 0.5) is 0 Å². The van der Waals surface area contributed by atoms with E-state index in [4.69, 9.17) is 14.2 Å². The fraction of sp³-hybridized carbons (Fsp3) is 0.857. The molecule has 4 saturated carbocycles. The van der Waals surface area contributed by atoms with Crippen molar-refractivity contribution in [2.45, 2.75) is 107 Å². The van der Waals surface area contributed by atoms with Crippen molar-refractivity contribution < 1.29 is 49.3 Å². The minimum atomic E-state index is -1.42. The Hall–Kier alpha value is -1.40. The smallest absolute Gasteiger partial charge is 0.331 e. The number of esters is 1. The number of rotatable bonds is 4. The van der Waals surface area contributed by atoms with E-state index in [1.54, 1.807) is 6.08 Å². The first-order valence-corrected chi connectivity index (χ1v) is 14.1. The van der Waals surface area contributed by atoms with Crippen molar-refractivity contribution in [1.82, 2.24) is 0 Å². The zero-order valence-corrected chi connectivity index (χ0v) is 21.8. The van der Waals surface area contributed by atoms with E-state index in [-0.39, 0.29) is 43.4 Å². The number of ether oxygens (including phenoxy) is 3. The van der Waals surface area contributed by atoms with Gasteiger partial charge in [-0.2, -0.15) is 0 Å². The standard InChI is InChI=1S/C28H40O10/c1-25-6-3-18-19(28(25,35)9-5-17(25)15-10-21(31)36-12-15)4-8-27(34)11-16(2-7-26(18,27)14-29)38-24-23(33)22(32)20(30)13-37-24/h10,14,16-20,22-24,30,32-35H,2-9,11-13H2,1H3/t16-,17+,18-,19+,20-,22-,23+,24?,25+,26-,27-,28-/m0/s1. The third kappa shape index (κ3) is 3.57. The van der Waals surface area contributed by atoms with Crippen molar-refractivity contribution in [2.75, 3.05) is 13.2 Å². The van der Waals surface area contributed by atoms with Gasteiger partial charge in [-0.05, 0) is 74.7 Å². The zero-order chi connectivity index (χ0) is 27.1. The van der Waals surface area contributed by atoms with E-state index in [2.05, 4.69) is 6.92 Å². The molecule has 5 N–H and O–H groups in total. The monoisotopic (exact) mass is 536 g/mol. The lowest BCUT2D eigenvalue weighted by Crippen LogP contribution is -2.69. The molecule has 2 heterocycles. The number of fused-ring (bicyclic) bond motifs is 5. The molecule has 0 amide bonds. The van der Waals surface area contributed by atoms with Crippen LogP contribution >= 0.6 is 0 Å². The van der Waals surface area contributed by atoms with Crippen molar-refractivity contribution >= 4 is 12.3 Å². The number of aliphatic hydroxyl groups is 5. The summed E-state index contributed by atoms with van der Waals surface area (Å²) in [6.07, 6.45) is 1.56. The van der Waals surface area contributed by atoms with Crippen LogP contribution < -0.4 is 0 Å². The summed E-state index contributed by atoms with van der Waals surface area (Å²) in [6, 6.07) is 0. The van der Waals surface area contributed by atoms with Crippen LogP contribution in [0.2, 0.25) is 0 Å². The molecule has 12 atom stereocenters. The number of hydrogen-bond acceptors (Lipinski definition) is 10. The van der Waals surface area contributed by atoms with Gasteiger partial charge in [-0.3, -0.25) is 0 Å². The largest absolute Gasteiger partial charge is 0.458 e. The Morgan fingerprint density at radius 3 is 2.47 bits per heavy atom. The molecule has 2 aliphatic heterocycles. The Bertz CT molecular complexity index is 1020. The number of aldehydes is 1. The van der Waals surface area contributed by atoms with Crippen molar-refractivity contribution in [3.8, 4) is 0 Å². The zero-order valence-electron chi connectivity index (χ0n) is 21.8. The first-order valence-electron chi connectivity index (χ1n) is 14.1. The minimum Gasteiger partial charge on any atom is -0.458 e. The van der Waals surface area contributed by atoms with Gasteiger partial charge < -0.3 is 44.5 Å². The van der Waals surface area contributed by atoms with E-state index in [1.807, 2.05) is 0 Å². The molecule has 0 aromatic heterocycles. The SMILES string of the molecule is C[C@]12CC[C@H]3[C@@H](CC[C@]4(O)C[C@@H](OC5OC[C@H](O)[C@H](O)[C@H]5O)CC[C@]34C=O)[C@@]1(O)CC[C@@H]2C1=CC(=O)OC1. The average Bonchev–Trinajstić information content (AvgIpc) is 3.43. The summed E-state index contributed by atoms with van der Waals surface area (Å²) >= 11 is 0. The first kappa shape index (κ1) is 26.8. The normalized spacial score (nSPS) is 54.4. The lowest BCUT2D eigenvalue weighted by molar-refractivity contribution is -0.301. The second-order valence-corrected chi connectivity index (χ2v) is 13.0. The topological polar surface area (TPSA) is 163 Å². The third-order valence-corrected chi connectivity index (χ3v) is 11.6. The molecule has 38 heavy (non-hydrogen) atoms. The fourth-order valence-corrected chi connectivity index (χ4v) is 9.52. The third-order valence-electron chi connectivity index (χ3n) is 11.6. The highest BCUT2D eigenvalue weighted by Crippen LogP contribution is 2.70. The molecule has 6 rings (SSSR count). The number of carbonyl (C=O) groups excluding carboxylic acids is 2. The lowest BCUT2D eigenvalue weighted by atomic mass is 9.41. The molecule has 0 spiro atoms. The van der Waals surface area contributed by atoms with Gasteiger partial charge in [0.05, 0.1) is 29.3 Å². The van der Waals surface area contributed by atoms with Gasteiger partial charge in [0.15, 0.2) is 6.29 Å². The molecule has 1 unspecified atom stereocenters. The van der Waals surface area contributed by atoms with E-state index < -0.39 is 52.7 Å². The first-order chi connectivity index (χ1) is 18.0. The summed E-state index contributed by atoms with van der Waals surface area (Å²) in [5, 5.41) is 54.4. The number of hydrogen-bond donors (Lipinski definition) is 5. The molecule has 5 fully saturated rings. The number of cyclic esters (lactones) is 1. The second-order valence-electron chi connectivity index (χ2n) is 13.0. The predicted octanol–water partition coefficient (Wildman–Crippen LogP) is 0.362. The van der Waals surface area contributed by atoms with Crippen LogP contribution in [-0.2, 0) is 23.8 Å². The van der Waals surface area contributed by atoms with Crippen molar-refractivity contribution in [3.63, 3.8) is 0 Å². The molecule has 10 nitrogen and oxygen atoms in total. The molecule has 4 aliphatic carbocycles. The Morgan fingerprint density at radius 2 is 1.76 bits per heavy atom. The molecule has 0 bridgehead atoms. The maximum Gasteiger partial charge on any atom is 0.331 e. The van der Waals surface area contributed by atoms with Crippen LogP contribution in [0.25, 0.3) is 0 Å². The van der Waals surface area contributed by atoms with Gasteiger partial charge in [-0.15, -0.1) is 0 Å². The van der Waals surface area contributed by atoms with Gasteiger partial charge in [0.25, 0.3) is 0 Å². The Kier molecular flexibility index (Phi) is 6.39. The summed E-state index contributed by atoms with van der Waals surface area (Å²) in [6.45, 7) is 2.22. The Balaban J connectivity index is 1.22. The highest BCUT2D eigenvalue weighted by Gasteiger charge is 2.71. The molecule has 0 aromatic rings. The molecule has 0 radical (unpaired) electrons. The Labute approximate surface area is 222 Å². The van der Waals surface area contributed by atoms with Crippen molar-refractivity contribution in [2.24, 2.45) is 28.6 Å². The van der Waals surface area contributed by atoms with E-state index in [0.29, 0.717) is 44.9 Å². The molecular formula is C28H40O10. The Morgan fingerprint density at radius 1 is 1.00 bits per heavy atom. The minimum absolute atomic E-state index is 0.0489. The van der Waals surface area contributed by atoms with Gasteiger partial charge in [-0.25, -0.2) is 4.79 Å². The van der Waals surface area contributed by atoms with Gasteiger partial charge in [-0.1, -0.05) is 6.92 Å². The van der Waals surface area contributed by atoms with Gasteiger partial charge in [0.1, 0.15) is 31.2 Å². The summed E-state index contributed by atoms with van der Waals surface area (Å²) in [7, 11) is 0. The lowest BCUT2D eigenvalue weighted by Gasteiger charge is -2.65. The predicted molar refractivity (Wildman–Crippen MR) is 130 cm³/mol. The van der Waals surface area contributed by atoms with Gasteiger partial charge >= 0.3 is 5.97 Å². The highest BCUT2D eigenvalue weighted by molar-refractivity contribution is 5.85. The van der Waals surface area contributed by atoms with E-state index in [0.717, 1.165) is 18.3 Å². The van der Waals surface area contributed by atoms with E-state index in [1.165, 1.54) is 0 Å². The van der Waals surface area contributed by atoms with Crippen LogP contribution in [0.3, 0.4) is 0 Å². The molecular weight excluding hydrogens is 496 g/mol. The highest BCUT2D eigenvalue weighted by atomic mass is 16.7. The van der Waals surface area contributed by atoms with Crippen molar-refractivity contribution in [1.29, 1.82) is 0 Å². The summed E-state index contributed by atoms with van der Waals surface area (Å²) in [5.41, 5.74) is -2.83. The number of carbonyl (C=O) groups is 2. The van der Waals surface area contributed by atoms with Crippen molar-refractivity contribution in [3.05, 3.63) is 11.6 Å². The quantitative estimate of drug-likeness (QED) is 0.193. The molecule has 1 saturated heterocycles. The van der Waals surface area contributed by atoms with Crippen LogP contribution in [0.5, 0.6) is 0 Å². The summed E-state index contributed by atoms with van der Waals surface area (Å²) < 4.78 is 16.6. The maximum atomic E-state index is 12.9. The molecule has 0 aromatic carbocycles. The molecule has 6 aliphatic rings. The number of aliphatic hydroxyl groups excluding tert-OH is 3. The second kappa shape index (κ2) is 9.06. The van der Waals surface area contributed by atoms with Crippen LogP contribution in [0.15, 0.2) is 11.6 Å². The average molecular weight is 537 g/mol. The fourth-order valence-electron chi connectivity index (χ4n) is 9.52. The van der Waals surface area contributed by atoms with Crippen LogP contribution in [0.1, 0.15) is 64.7 Å². The van der Waals surface area contributed by atoms with E-state index >= 15 is 0 Å². The van der Waals surface area contributed by atoms with Gasteiger partial charge in [0, 0.05) is 17.9 Å². The van der Waals surface area contributed by atoms with E-state index in [9.17, 15) is 35.1 Å². The summed E-state index contributed by atoms with van der Waals surface area (Å²) in [5.74, 6) is -0.604. The molecule has 10 heteroatoms. The maximum absolute atomic E-state index is 12.9. The van der Waals surface area contributed by atoms with Gasteiger partial charge in [0.2, 0.25) is 0 Å². The molecule has 212 valence electrons.